The molecule has 0 bridgehead atoms. The molecule has 0 saturated carbocycles. The van der Waals surface area contributed by atoms with Crippen molar-refractivity contribution in [2.45, 2.75) is 52.3 Å². The molecule has 2 heterocycles. The molecule has 25 heavy (non-hydrogen) atoms. The quantitative estimate of drug-likeness (QED) is 0.323. The highest BCUT2D eigenvalue weighted by atomic mass is 127. The maximum atomic E-state index is 5.85. The van der Waals surface area contributed by atoms with E-state index in [0.717, 1.165) is 44.3 Å². The number of guanidine groups is 1. The number of ether oxygens (including phenoxy) is 2. The van der Waals surface area contributed by atoms with Gasteiger partial charge in [0.15, 0.2) is 5.96 Å². The van der Waals surface area contributed by atoms with E-state index in [0.29, 0.717) is 19.8 Å². The molecule has 1 fully saturated rings. The summed E-state index contributed by atoms with van der Waals surface area (Å²) in [5.41, 5.74) is 0. The highest BCUT2D eigenvalue weighted by Crippen LogP contribution is 2.08. The average Bonchev–Trinajstić information content (AvgIpc) is 3.24. The standard InChI is InChI=1S/C16H30N6O2.HI/c1-4-15-21-19-12-22(15)8-7-18-16(17-5-2)20-13(3)10-24-14-6-9-23-11-14;/h12-14H,4-11H2,1-3H3,(H2,17,18,20);1H. The van der Waals surface area contributed by atoms with Crippen LogP contribution in [0.2, 0.25) is 0 Å². The third kappa shape index (κ3) is 7.87. The summed E-state index contributed by atoms with van der Waals surface area (Å²) in [5, 5.41) is 14.7. The summed E-state index contributed by atoms with van der Waals surface area (Å²) in [6.45, 7) is 10.7. The predicted molar refractivity (Wildman–Crippen MR) is 109 cm³/mol. The van der Waals surface area contributed by atoms with Gasteiger partial charge in [-0.25, -0.2) is 0 Å². The van der Waals surface area contributed by atoms with Crippen LogP contribution in [0, 0.1) is 0 Å². The molecular weight excluding hydrogens is 435 g/mol. The smallest absolute Gasteiger partial charge is 0.191 e. The molecule has 2 N–H and O–H groups in total. The molecule has 144 valence electrons. The molecule has 0 spiro atoms. The van der Waals surface area contributed by atoms with Crippen molar-refractivity contribution >= 4 is 29.9 Å². The van der Waals surface area contributed by atoms with Crippen LogP contribution in [-0.2, 0) is 22.4 Å². The largest absolute Gasteiger partial charge is 0.379 e. The molecule has 1 aromatic heterocycles. The Morgan fingerprint density at radius 1 is 1.52 bits per heavy atom. The second-order valence-electron chi connectivity index (χ2n) is 5.92. The van der Waals surface area contributed by atoms with Crippen molar-refractivity contribution in [3.63, 3.8) is 0 Å². The van der Waals surface area contributed by atoms with Crippen molar-refractivity contribution < 1.29 is 9.47 Å². The minimum Gasteiger partial charge on any atom is -0.379 e. The minimum atomic E-state index is 0. The van der Waals surface area contributed by atoms with E-state index in [4.69, 9.17) is 9.47 Å². The zero-order valence-electron chi connectivity index (χ0n) is 15.4. The topological polar surface area (TPSA) is 85.6 Å². The zero-order valence-corrected chi connectivity index (χ0v) is 17.7. The second-order valence-corrected chi connectivity index (χ2v) is 5.92. The number of rotatable bonds is 9. The van der Waals surface area contributed by atoms with Gasteiger partial charge in [-0.1, -0.05) is 6.92 Å². The lowest BCUT2D eigenvalue weighted by molar-refractivity contribution is 0.0347. The maximum Gasteiger partial charge on any atom is 0.191 e. The Balaban J connectivity index is 0.00000312. The first kappa shape index (κ1) is 22.1. The van der Waals surface area contributed by atoms with E-state index < -0.39 is 0 Å². The van der Waals surface area contributed by atoms with Crippen LogP contribution in [-0.4, -0.2) is 65.8 Å². The molecular formula is C16H31IN6O2. The number of aliphatic imine (C=N–C) groups is 1. The normalized spacial score (nSPS) is 18.7. The Kier molecular flexibility index (Phi) is 11.0. The number of nitrogens with one attached hydrogen (secondary N) is 2. The van der Waals surface area contributed by atoms with Crippen LogP contribution in [0.25, 0.3) is 0 Å². The van der Waals surface area contributed by atoms with Gasteiger partial charge in [-0.15, -0.1) is 34.2 Å². The number of hydrogen-bond donors (Lipinski definition) is 2. The molecule has 2 unspecified atom stereocenters. The Morgan fingerprint density at radius 3 is 3.04 bits per heavy atom. The predicted octanol–water partition coefficient (Wildman–Crippen LogP) is 1.21. The van der Waals surface area contributed by atoms with Crippen LogP contribution in [0.15, 0.2) is 11.3 Å². The SMILES string of the molecule is CCNC(=NCCn1cnnc1CC)NC(C)COC1CCOC1.I. The molecule has 1 saturated heterocycles. The van der Waals surface area contributed by atoms with E-state index in [1.54, 1.807) is 6.33 Å². The fourth-order valence-electron chi connectivity index (χ4n) is 2.53. The van der Waals surface area contributed by atoms with Crippen molar-refractivity contribution in [3.05, 3.63) is 12.2 Å². The van der Waals surface area contributed by atoms with Gasteiger partial charge in [0.2, 0.25) is 0 Å². The van der Waals surface area contributed by atoms with Crippen LogP contribution in [0.3, 0.4) is 0 Å². The Morgan fingerprint density at radius 2 is 2.36 bits per heavy atom. The molecule has 1 aromatic rings. The number of aryl methyl sites for hydroxylation is 1. The number of hydrogen-bond acceptors (Lipinski definition) is 5. The van der Waals surface area contributed by atoms with E-state index in [-0.39, 0.29) is 36.1 Å². The first-order valence-electron chi connectivity index (χ1n) is 8.83. The summed E-state index contributed by atoms with van der Waals surface area (Å²) < 4.78 is 13.2. The van der Waals surface area contributed by atoms with Gasteiger partial charge < -0.3 is 24.7 Å². The number of halogens is 1. The fraction of sp³-hybridized carbons (Fsp3) is 0.812. The lowest BCUT2D eigenvalue weighted by Gasteiger charge is -2.19. The zero-order chi connectivity index (χ0) is 17.2. The molecule has 2 rings (SSSR count). The van der Waals surface area contributed by atoms with E-state index >= 15 is 0 Å². The van der Waals surface area contributed by atoms with Gasteiger partial charge in [0.05, 0.1) is 25.9 Å². The Bertz CT molecular complexity index is 505. The third-order valence-electron chi connectivity index (χ3n) is 3.82. The summed E-state index contributed by atoms with van der Waals surface area (Å²) in [7, 11) is 0. The van der Waals surface area contributed by atoms with Crippen LogP contribution >= 0.6 is 24.0 Å². The van der Waals surface area contributed by atoms with Gasteiger partial charge in [0.25, 0.3) is 0 Å². The van der Waals surface area contributed by atoms with Crippen molar-refractivity contribution in [2.75, 3.05) is 32.9 Å². The molecule has 1 aliphatic heterocycles. The van der Waals surface area contributed by atoms with Crippen molar-refractivity contribution in [1.82, 2.24) is 25.4 Å². The van der Waals surface area contributed by atoms with Crippen LogP contribution < -0.4 is 10.6 Å². The van der Waals surface area contributed by atoms with Crippen molar-refractivity contribution in [1.29, 1.82) is 0 Å². The summed E-state index contributed by atoms with van der Waals surface area (Å²) in [5.74, 6) is 1.80. The lowest BCUT2D eigenvalue weighted by atomic mass is 10.3. The second kappa shape index (κ2) is 12.4. The first-order chi connectivity index (χ1) is 11.7. The van der Waals surface area contributed by atoms with E-state index in [1.807, 2.05) is 4.57 Å². The van der Waals surface area contributed by atoms with Crippen LogP contribution in [0.1, 0.15) is 33.0 Å². The molecule has 0 radical (unpaired) electrons. The molecule has 1 aliphatic rings. The Labute approximate surface area is 167 Å². The van der Waals surface area contributed by atoms with Gasteiger partial charge in [0, 0.05) is 32.2 Å². The average molecular weight is 466 g/mol. The molecule has 0 aromatic carbocycles. The minimum absolute atomic E-state index is 0. The van der Waals surface area contributed by atoms with Crippen LogP contribution in [0.4, 0.5) is 0 Å². The molecule has 9 heteroatoms. The van der Waals surface area contributed by atoms with Crippen molar-refractivity contribution in [3.8, 4) is 0 Å². The highest BCUT2D eigenvalue weighted by Gasteiger charge is 2.17. The number of nitrogens with zero attached hydrogens (tertiary/aromatic N) is 4. The molecule has 0 amide bonds. The molecule has 0 aliphatic carbocycles. The van der Waals surface area contributed by atoms with Crippen LogP contribution in [0.5, 0.6) is 0 Å². The van der Waals surface area contributed by atoms with Gasteiger partial charge >= 0.3 is 0 Å². The van der Waals surface area contributed by atoms with E-state index in [9.17, 15) is 0 Å². The monoisotopic (exact) mass is 466 g/mol. The van der Waals surface area contributed by atoms with Gasteiger partial charge in [-0.05, 0) is 20.3 Å². The van der Waals surface area contributed by atoms with E-state index in [1.165, 1.54) is 0 Å². The van der Waals surface area contributed by atoms with Gasteiger partial charge in [-0.2, -0.15) is 0 Å². The van der Waals surface area contributed by atoms with Crippen molar-refractivity contribution in [2.24, 2.45) is 4.99 Å². The lowest BCUT2D eigenvalue weighted by Crippen LogP contribution is -2.44. The summed E-state index contributed by atoms with van der Waals surface area (Å²) in [6, 6.07) is 0.185. The summed E-state index contributed by atoms with van der Waals surface area (Å²) in [6.07, 6.45) is 3.85. The fourth-order valence-corrected chi connectivity index (χ4v) is 2.53. The summed E-state index contributed by atoms with van der Waals surface area (Å²) in [4.78, 5) is 4.62. The first-order valence-corrected chi connectivity index (χ1v) is 8.83. The van der Waals surface area contributed by atoms with Gasteiger partial charge in [-0.3, -0.25) is 4.99 Å². The highest BCUT2D eigenvalue weighted by molar-refractivity contribution is 14.0. The van der Waals surface area contributed by atoms with E-state index in [2.05, 4.69) is 46.6 Å². The number of aromatic nitrogens is 3. The molecule has 8 nitrogen and oxygen atoms in total. The van der Waals surface area contributed by atoms with Gasteiger partial charge in [0.1, 0.15) is 12.2 Å². The molecule has 2 atom stereocenters. The third-order valence-corrected chi connectivity index (χ3v) is 3.82. The summed E-state index contributed by atoms with van der Waals surface area (Å²) >= 11 is 0. The maximum absolute atomic E-state index is 5.85. The Hall–Kier alpha value is -0.940.